The Morgan fingerprint density at radius 1 is 1.17 bits per heavy atom. The number of pyridine rings is 1. The number of rotatable bonds is 4. The highest BCUT2D eigenvalue weighted by atomic mass is 35.5. The minimum Gasteiger partial charge on any atom is -0.444 e. The summed E-state index contributed by atoms with van der Waals surface area (Å²) in [6.07, 6.45) is 1.13. The molecule has 0 fully saturated rings. The highest BCUT2D eigenvalue weighted by Gasteiger charge is 2.16. The van der Waals surface area contributed by atoms with E-state index >= 15 is 0 Å². The third-order valence-electron chi connectivity index (χ3n) is 2.80. The molecular formula is C17H20ClN3O2. The Morgan fingerprint density at radius 3 is 2.43 bits per heavy atom. The van der Waals surface area contributed by atoms with Crippen LogP contribution in [0.2, 0.25) is 5.02 Å². The smallest absolute Gasteiger partial charge is 0.413 e. The maximum atomic E-state index is 11.7. The number of nitrogens with one attached hydrogen (secondary N) is 2. The van der Waals surface area contributed by atoms with Crippen LogP contribution in [0.15, 0.2) is 42.6 Å². The summed E-state index contributed by atoms with van der Waals surface area (Å²) in [5.41, 5.74) is 1.43. The van der Waals surface area contributed by atoms with Gasteiger partial charge in [-0.25, -0.2) is 9.78 Å². The van der Waals surface area contributed by atoms with Gasteiger partial charge in [0.1, 0.15) is 11.4 Å². The van der Waals surface area contributed by atoms with Crippen LogP contribution in [0.3, 0.4) is 0 Å². The molecule has 1 aromatic heterocycles. The Kier molecular flexibility index (Phi) is 5.45. The van der Waals surface area contributed by atoms with Crippen molar-refractivity contribution in [2.75, 3.05) is 10.6 Å². The largest absolute Gasteiger partial charge is 0.444 e. The number of ether oxygens (including phenoxy) is 1. The van der Waals surface area contributed by atoms with Crippen molar-refractivity contribution in [1.82, 2.24) is 4.98 Å². The van der Waals surface area contributed by atoms with Crippen molar-refractivity contribution < 1.29 is 9.53 Å². The van der Waals surface area contributed by atoms with Crippen molar-refractivity contribution in [3.8, 4) is 0 Å². The maximum absolute atomic E-state index is 11.7. The molecule has 2 aromatic rings. The quantitative estimate of drug-likeness (QED) is 0.851. The summed E-state index contributed by atoms with van der Waals surface area (Å²) in [6.45, 7) is 6.09. The lowest BCUT2D eigenvalue weighted by Crippen LogP contribution is -2.27. The van der Waals surface area contributed by atoms with Gasteiger partial charge in [-0.2, -0.15) is 0 Å². The molecule has 23 heavy (non-hydrogen) atoms. The molecule has 5 nitrogen and oxygen atoms in total. The molecule has 122 valence electrons. The second-order valence-electron chi connectivity index (χ2n) is 6.04. The zero-order valence-corrected chi connectivity index (χ0v) is 14.1. The second-order valence-corrected chi connectivity index (χ2v) is 6.48. The van der Waals surface area contributed by atoms with E-state index in [2.05, 4.69) is 15.6 Å². The Bertz CT molecular complexity index is 649. The second kappa shape index (κ2) is 7.33. The van der Waals surface area contributed by atoms with Crippen LogP contribution in [0.1, 0.15) is 26.3 Å². The predicted octanol–water partition coefficient (Wildman–Crippen LogP) is 4.69. The van der Waals surface area contributed by atoms with Crippen molar-refractivity contribution in [2.24, 2.45) is 0 Å². The van der Waals surface area contributed by atoms with E-state index < -0.39 is 11.7 Å². The molecule has 1 aromatic carbocycles. The van der Waals surface area contributed by atoms with Crippen LogP contribution in [0.25, 0.3) is 0 Å². The topological polar surface area (TPSA) is 63.2 Å². The number of anilines is 2. The highest BCUT2D eigenvalue weighted by Crippen LogP contribution is 2.14. The molecule has 0 saturated carbocycles. The van der Waals surface area contributed by atoms with Crippen LogP contribution in [-0.2, 0) is 11.3 Å². The van der Waals surface area contributed by atoms with Gasteiger partial charge in [0.25, 0.3) is 0 Å². The summed E-state index contributed by atoms with van der Waals surface area (Å²) in [5.74, 6) is 0.441. The number of nitrogens with zero attached hydrogens (tertiary/aromatic N) is 1. The predicted molar refractivity (Wildman–Crippen MR) is 92.9 cm³/mol. The summed E-state index contributed by atoms with van der Waals surface area (Å²) < 4.78 is 5.17. The zero-order valence-electron chi connectivity index (χ0n) is 13.4. The number of hydrogen-bond acceptors (Lipinski definition) is 4. The summed E-state index contributed by atoms with van der Waals surface area (Å²) >= 11 is 5.85. The first-order valence-electron chi connectivity index (χ1n) is 7.26. The zero-order chi connectivity index (χ0) is 16.9. The Hall–Kier alpha value is -2.27. The van der Waals surface area contributed by atoms with Crippen molar-refractivity contribution in [2.45, 2.75) is 32.9 Å². The molecule has 0 bridgehead atoms. The molecule has 0 saturated heterocycles. The lowest BCUT2D eigenvalue weighted by atomic mass is 10.2. The molecule has 2 rings (SSSR count). The molecule has 2 N–H and O–H groups in total. The Labute approximate surface area is 141 Å². The molecular weight excluding hydrogens is 314 g/mol. The minimum atomic E-state index is -0.538. The van der Waals surface area contributed by atoms with Gasteiger partial charge in [-0.1, -0.05) is 23.7 Å². The number of aromatic nitrogens is 1. The van der Waals surface area contributed by atoms with Gasteiger partial charge in [0, 0.05) is 11.6 Å². The fourth-order valence-corrected chi connectivity index (χ4v) is 1.91. The van der Waals surface area contributed by atoms with E-state index in [-0.39, 0.29) is 0 Å². The van der Waals surface area contributed by atoms with E-state index in [1.807, 2.05) is 51.1 Å². The summed E-state index contributed by atoms with van der Waals surface area (Å²) in [4.78, 5) is 15.8. The Morgan fingerprint density at radius 2 is 1.87 bits per heavy atom. The molecule has 0 unspecified atom stereocenters. The summed E-state index contributed by atoms with van der Waals surface area (Å²) in [6, 6.07) is 11.2. The van der Waals surface area contributed by atoms with Gasteiger partial charge in [-0.3, -0.25) is 5.32 Å². The fraction of sp³-hybridized carbons (Fsp3) is 0.294. The molecule has 0 aliphatic heterocycles. The van der Waals surface area contributed by atoms with Crippen LogP contribution in [0, 0.1) is 0 Å². The average Bonchev–Trinajstić information content (AvgIpc) is 2.46. The van der Waals surface area contributed by atoms with E-state index in [1.165, 1.54) is 0 Å². The van der Waals surface area contributed by atoms with Gasteiger partial charge >= 0.3 is 6.09 Å². The number of carbonyl (C=O) groups excluding carboxylic acids is 1. The van der Waals surface area contributed by atoms with Crippen LogP contribution in [0.5, 0.6) is 0 Å². The molecule has 0 atom stereocenters. The minimum absolute atomic E-state index is 0.441. The third kappa shape index (κ3) is 6.16. The van der Waals surface area contributed by atoms with E-state index in [1.54, 1.807) is 12.3 Å². The third-order valence-corrected chi connectivity index (χ3v) is 3.05. The number of amides is 1. The van der Waals surface area contributed by atoms with Crippen molar-refractivity contribution in [3.63, 3.8) is 0 Å². The first kappa shape index (κ1) is 17.1. The van der Waals surface area contributed by atoms with Crippen molar-refractivity contribution in [1.29, 1.82) is 0 Å². The summed E-state index contributed by atoms with van der Waals surface area (Å²) in [7, 11) is 0. The van der Waals surface area contributed by atoms with Gasteiger partial charge in [0.15, 0.2) is 0 Å². The average molecular weight is 334 g/mol. The van der Waals surface area contributed by atoms with Crippen LogP contribution < -0.4 is 10.6 Å². The Balaban J connectivity index is 1.87. The van der Waals surface area contributed by atoms with Gasteiger partial charge in [-0.15, -0.1) is 0 Å². The SMILES string of the molecule is CC(C)(C)OC(=O)Nc1ccc(NCc2ccc(Cl)cc2)cn1. The van der Waals surface area contributed by atoms with Crippen molar-refractivity contribution in [3.05, 3.63) is 53.2 Å². The van der Waals surface area contributed by atoms with Crippen LogP contribution >= 0.6 is 11.6 Å². The molecule has 0 aliphatic carbocycles. The van der Waals surface area contributed by atoms with Crippen molar-refractivity contribution >= 4 is 29.2 Å². The van der Waals surface area contributed by atoms with E-state index in [0.717, 1.165) is 11.3 Å². The van der Waals surface area contributed by atoms with Gasteiger partial charge < -0.3 is 10.1 Å². The monoisotopic (exact) mass is 333 g/mol. The van der Waals surface area contributed by atoms with Crippen LogP contribution in [0.4, 0.5) is 16.3 Å². The highest BCUT2D eigenvalue weighted by molar-refractivity contribution is 6.30. The molecule has 0 aliphatic rings. The first-order chi connectivity index (χ1) is 10.8. The van der Waals surface area contributed by atoms with Gasteiger partial charge in [0.05, 0.1) is 11.9 Å². The lowest BCUT2D eigenvalue weighted by Gasteiger charge is -2.19. The molecule has 0 spiro atoms. The van der Waals surface area contributed by atoms with E-state index in [9.17, 15) is 4.79 Å². The van der Waals surface area contributed by atoms with E-state index in [0.29, 0.717) is 17.4 Å². The number of hydrogen-bond donors (Lipinski definition) is 2. The van der Waals surface area contributed by atoms with Gasteiger partial charge in [0.2, 0.25) is 0 Å². The number of halogens is 1. The summed E-state index contributed by atoms with van der Waals surface area (Å²) in [5, 5.41) is 6.56. The number of benzene rings is 1. The van der Waals surface area contributed by atoms with Gasteiger partial charge in [-0.05, 0) is 50.6 Å². The molecule has 1 heterocycles. The molecule has 0 radical (unpaired) electrons. The molecule has 1 amide bonds. The lowest BCUT2D eigenvalue weighted by molar-refractivity contribution is 0.0635. The maximum Gasteiger partial charge on any atom is 0.413 e. The fourth-order valence-electron chi connectivity index (χ4n) is 1.79. The van der Waals surface area contributed by atoms with Crippen LogP contribution in [-0.4, -0.2) is 16.7 Å². The first-order valence-corrected chi connectivity index (χ1v) is 7.64. The van der Waals surface area contributed by atoms with E-state index in [4.69, 9.17) is 16.3 Å². The molecule has 6 heteroatoms. The normalized spacial score (nSPS) is 11.0. The standard InChI is InChI=1S/C17H20ClN3O2/c1-17(2,3)23-16(22)21-15-9-8-14(11-20-15)19-10-12-4-6-13(18)7-5-12/h4-9,11,19H,10H2,1-3H3,(H,20,21,22). The number of carbonyl (C=O) groups is 1.